The van der Waals surface area contributed by atoms with Gasteiger partial charge in [-0.15, -0.1) is 0 Å². The Morgan fingerprint density at radius 2 is 1.92 bits per heavy atom. The molecule has 0 fully saturated rings. The van der Waals surface area contributed by atoms with E-state index in [0.29, 0.717) is 18.0 Å². The highest BCUT2D eigenvalue weighted by Crippen LogP contribution is 2.38. The highest BCUT2D eigenvalue weighted by atomic mass is 16.5. The molecule has 2 heterocycles. The van der Waals surface area contributed by atoms with E-state index in [9.17, 15) is 0 Å². The van der Waals surface area contributed by atoms with Gasteiger partial charge in [-0.2, -0.15) is 5.10 Å². The van der Waals surface area contributed by atoms with E-state index in [1.807, 2.05) is 37.0 Å². The Bertz CT molecular complexity index is 880. The summed E-state index contributed by atoms with van der Waals surface area (Å²) in [6.07, 6.45) is 5.88. The van der Waals surface area contributed by atoms with Gasteiger partial charge in [0.05, 0.1) is 32.0 Å². The fraction of sp³-hybridized carbons (Fsp3) is 0.368. The van der Waals surface area contributed by atoms with Crippen molar-refractivity contribution >= 4 is 0 Å². The number of hydrogen-bond acceptors (Lipinski definition) is 4. The maximum atomic E-state index is 5.60. The van der Waals surface area contributed by atoms with Crippen molar-refractivity contribution in [3.05, 3.63) is 47.5 Å². The zero-order chi connectivity index (χ0) is 18.0. The number of ether oxygens (including phenoxy) is 2. The van der Waals surface area contributed by atoms with Crippen molar-refractivity contribution in [2.75, 3.05) is 14.2 Å². The molecule has 6 nitrogen and oxygen atoms in total. The minimum Gasteiger partial charge on any atom is -0.493 e. The summed E-state index contributed by atoms with van der Waals surface area (Å²) in [6.45, 7) is 7.73. The number of hydrogen-bond donors (Lipinski definition) is 0. The summed E-state index contributed by atoms with van der Waals surface area (Å²) < 4.78 is 15.1. The average molecular weight is 340 g/mol. The van der Waals surface area contributed by atoms with E-state index >= 15 is 0 Å². The summed E-state index contributed by atoms with van der Waals surface area (Å²) >= 11 is 0. The molecule has 0 aliphatic heterocycles. The van der Waals surface area contributed by atoms with Crippen molar-refractivity contribution in [2.45, 2.75) is 33.9 Å². The monoisotopic (exact) mass is 340 g/mol. The molecule has 0 amide bonds. The van der Waals surface area contributed by atoms with Gasteiger partial charge in [0.2, 0.25) is 0 Å². The summed E-state index contributed by atoms with van der Waals surface area (Å²) in [6, 6.07) is 4.04. The number of nitrogens with zero attached hydrogens (tertiary/aromatic N) is 4. The highest BCUT2D eigenvalue weighted by Gasteiger charge is 2.18. The zero-order valence-corrected chi connectivity index (χ0v) is 15.4. The first-order valence-electron chi connectivity index (χ1n) is 8.34. The highest BCUT2D eigenvalue weighted by molar-refractivity contribution is 5.70. The largest absolute Gasteiger partial charge is 0.493 e. The van der Waals surface area contributed by atoms with E-state index in [1.54, 1.807) is 14.2 Å². The summed E-state index contributed by atoms with van der Waals surface area (Å²) in [4.78, 5) is 4.56. The van der Waals surface area contributed by atoms with Gasteiger partial charge in [0.15, 0.2) is 11.5 Å². The molecule has 3 aromatic rings. The first kappa shape index (κ1) is 17.1. The fourth-order valence-electron chi connectivity index (χ4n) is 3.01. The Morgan fingerprint density at radius 1 is 1.12 bits per heavy atom. The van der Waals surface area contributed by atoms with Gasteiger partial charge in [-0.1, -0.05) is 0 Å². The Morgan fingerprint density at radius 3 is 2.56 bits per heavy atom. The molecular formula is C19H24N4O2. The molecule has 0 bridgehead atoms. The lowest BCUT2D eigenvalue weighted by atomic mass is 10.1. The van der Waals surface area contributed by atoms with Gasteiger partial charge in [0.25, 0.3) is 0 Å². The molecule has 1 aromatic carbocycles. The van der Waals surface area contributed by atoms with Crippen molar-refractivity contribution in [3.63, 3.8) is 0 Å². The molecule has 132 valence electrons. The van der Waals surface area contributed by atoms with Crippen LogP contribution in [0.1, 0.15) is 23.7 Å². The lowest BCUT2D eigenvalue weighted by molar-refractivity contribution is 0.355. The van der Waals surface area contributed by atoms with Gasteiger partial charge in [-0.3, -0.25) is 4.68 Å². The molecule has 0 saturated heterocycles. The van der Waals surface area contributed by atoms with Crippen LogP contribution in [0.2, 0.25) is 0 Å². The van der Waals surface area contributed by atoms with Crippen molar-refractivity contribution < 1.29 is 9.47 Å². The van der Waals surface area contributed by atoms with Crippen LogP contribution >= 0.6 is 0 Å². The van der Waals surface area contributed by atoms with Crippen LogP contribution in [0.3, 0.4) is 0 Å². The molecule has 0 atom stereocenters. The van der Waals surface area contributed by atoms with E-state index in [2.05, 4.69) is 33.8 Å². The first-order valence-corrected chi connectivity index (χ1v) is 8.34. The van der Waals surface area contributed by atoms with E-state index in [-0.39, 0.29) is 0 Å². The summed E-state index contributed by atoms with van der Waals surface area (Å²) in [5.74, 6) is 2.26. The predicted molar refractivity (Wildman–Crippen MR) is 97.2 cm³/mol. The molecule has 0 aliphatic carbocycles. The Labute approximate surface area is 148 Å². The van der Waals surface area contributed by atoms with E-state index in [4.69, 9.17) is 9.47 Å². The van der Waals surface area contributed by atoms with Gasteiger partial charge in [0, 0.05) is 30.7 Å². The van der Waals surface area contributed by atoms with Gasteiger partial charge in [-0.05, 0) is 38.5 Å². The average Bonchev–Trinajstić information content (AvgIpc) is 3.21. The number of rotatable bonds is 6. The van der Waals surface area contributed by atoms with Crippen LogP contribution in [0.4, 0.5) is 0 Å². The third kappa shape index (κ3) is 3.24. The second kappa shape index (κ2) is 7.01. The number of methoxy groups -OCH3 is 2. The molecule has 0 unspecified atom stereocenters. The molecule has 25 heavy (non-hydrogen) atoms. The third-order valence-electron chi connectivity index (χ3n) is 4.29. The molecule has 0 saturated carbocycles. The Balaban J connectivity index is 2.05. The zero-order valence-electron chi connectivity index (χ0n) is 15.4. The second-order valence-electron chi connectivity index (χ2n) is 6.02. The molecule has 0 aliphatic rings. The fourth-order valence-corrected chi connectivity index (χ4v) is 3.01. The molecule has 6 heteroatoms. The SMILES string of the molecule is CCn1cc(Cn2ccnc2-c2cc(C)cc(OC)c2OC)c(C)n1. The van der Waals surface area contributed by atoms with Crippen LogP contribution in [-0.4, -0.2) is 33.6 Å². The Hall–Kier alpha value is -2.76. The van der Waals surface area contributed by atoms with Crippen molar-refractivity contribution in [2.24, 2.45) is 0 Å². The quantitative estimate of drug-likeness (QED) is 0.690. The summed E-state index contributed by atoms with van der Waals surface area (Å²) in [5.41, 5.74) is 4.23. The predicted octanol–water partition coefficient (Wildman–Crippen LogP) is 3.45. The van der Waals surface area contributed by atoms with Crippen LogP contribution in [0.25, 0.3) is 11.4 Å². The molecule has 2 aromatic heterocycles. The molecular weight excluding hydrogens is 316 g/mol. The van der Waals surface area contributed by atoms with Gasteiger partial charge >= 0.3 is 0 Å². The topological polar surface area (TPSA) is 54.1 Å². The third-order valence-corrected chi connectivity index (χ3v) is 4.29. The molecule has 3 rings (SSSR count). The van der Waals surface area contributed by atoms with Crippen LogP contribution < -0.4 is 9.47 Å². The van der Waals surface area contributed by atoms with Gasteiger partial charge in [-0.25, -0.2) is 4.98 Å². The van der Waals surface area contributed by atoms with Crippen LogP contribution in [0.15, 0.2) is 30.7 Å². The summed E-state index contributed by atoms with van der Waals surface area (Å²) in [5, 5.41) is 4.53. The van der Waals surface area contributed by atoms with Crippen molar-refractivity contribution in [1.29, 1.82) is 0 Å². The van der Waals surface area contributed by atoms with Crippen LogP contribution in [0.5, 0.6) is 11.5 Å². The minimum atomic E-state index is 0.696. The van der Waals surface area contributed by atoms with Crippen molar-refractivity contribution in [3.8, 4) is 22.9 Å². The van der Waals surface area contributed by atoms with E-state index < -0.39 is 0 Å². The minimum absolute atomic E-state index is 0.696. The number of aromatic nitrogens is 4. The van der Waals surface area contributed by atoms with Crippen molar-refractivity contribution in [1.82, 2.24) is 19.3 Å². The molecule has 0 N–H and O–H groups in total. The first-order chi connectivity index (χ1) is 12.1. The smallest absolute Gasteiger partial charge is 0.171 e. The normalized spacial score (nSPS) is 10.9. The standard InChI is InChI=1S/C19H24N4O2/c1-6-23-12-15(14(3)21-23)11-22-8-7-20-19(22)16-9-13(2)10-17(24-4)18(16)25-5/h7-10,12H,6,11H2,1-5H3. The lowest BCUT2D eigenvalue weighted by Crippen LogP contribution is -2.03. The second-order valence-corrected chi connectivity index (χ2v) is 6.02. The van der Waals surface area contributed by atoms with E-state index in [0.717, 1.165) is 29.2 Å². The van der Waals surface area contributed by atoms with Crippen LogP contribution in [-0.2, 0) is 13.1 Å². The lowest BCUT2D eigenvalue weighted by Gasteiger charge is -2.15. The van der Waals surface area contributed by atoms with Crippen LogP contribution in [0, 0.1) is 13.8 Å². The van der Waals surface area contributed by atoms with Gasteiger partial charge < -0.3 is 14.0 Å². The number of imidazole rings is 1. The van der Waals surface area contributed by atoms with E-state index in [1.165, 1.54) is 5.56 Å². The molecule has 0 spiro atoms. The number of aryl methyl sites for hydroxylation is 3. The summed E-state index contributed by atoms with van der Waals surface area (Å²) in [7, 11) is 3.30. The maximum Gasteiger partial charge on any atom is 0.171 e. The maximum absolute atomic E-state index is 5.60. The Kier molecular flexibility index (Phi) is 4.79. The molecule has 0 radical (unpaired) electrons. The number of benzene rings is 1. The van der Waals surface area contributed by atoms with Gasteiger partial charge in [0.1, 0.15) is 5.82 Å².